The molecule has 136 valence electrons. The third kappa shape index (κ3) is 2.91. The van der Waals surface area contributed by atoms with Gasteiger partial charge in [-0.1, -0.05) is 30.3 Å². The fraction of sp³-hybridized carbons (Fsp3) is 0.100. The number of fused-ring (bicyclic) bond motifs is 1. The standard InChI is InChI=1S/C20H14F3N3O/c1-12-11-16(18-14-6-3-2-5-13(14)8-9-17(18)27)25-26(12)19-15(20(21,22)23)7-4-10-24-19/h2-11,27H,1H3. The number of hydrogen-bond acceptors (Lipinski definition) is 3. The first-order chi connectivity index (χ1) is 12.9. The molecule has 0 amide bonds. The van der Waals surface area contributed by atoms with Crippen molar-refractivity contribution >= 4 is 10.8 Å². The number of benzene rings is 2. The molecule has 0 saturated heterocycles. The summed E-state index contributed by atoms with van der Waals surface area (Å²) in [4.78, 5) is 3.89. The maximum atomic E-state index is 13.3. The van der Waals surface area contributed by atoms with Gasteiger partial charge in [0.25, 0.3) is 0 Å². The van der Waals surface area contributed by atoms with Crippen LogP contribution >= 0.6 is 0 Å². The van der Waals surface area contributed by atoms with Gasteiger partial charge in [0.1, 0.15) is 11.3 Å². The summed E-state index contributed by atoms with van der Waals surface area (Å²) in [6.45, 7) is 1.65. The Hall–Kier alpha value is -3.35. The highest BCUT2D eigenvalue weighted by molar-refractivity contribution is 5.98. The van der Waals surface area contributed by atoms with E-state index < -0.39 is 11.7 Å². The maximum absolute atomic E-state index is 13.3. The molecule has 4 rings (SSSR count). The minimum atomic E-state index is -4.55. The molecule has 0 spiro atoms. The van der Waals surface area contributed by atoms with Gasteiger partial charge in [-0.25, -0.2) is 9.67 Å². The van der Waals surface area contributed by atoms with Crippen LogP contribution in [-0.4, -0.2) is 19.9 Å². The Labute approximate surface area is 152 Å². The molecule has 4 nitrogen and oxygen atoms in total. The molecule has 0 saturated carbocycles. The number of halogens is 3. The first-order valence-corrected chi connectivity index (χ1v) is 8.16. The summed E-state index contributed by atoms with van der Waals surface area (Å²) in [5.41, 5.74) is 0.450. The molecule has 2 aromatic carbocycles. The Morgan fingerprint density at radius 2 is 1.78 bits per heavy atom. The van der Waals surface area contributed by atoms with E-state index >= 15 is 0 Å². The summed E-state index contributed by atoms with van der Waals surface area (Å²) in [7, 11) is 0. The second-order valence-electron chi connectivity index (χ2n) is 6.14. The van der Waals surface area contributed by atoms with Crippen LogP contribution in [0.15, 0.2) is 60.8 Å². The van der Waals surface area contributed by atoms with Gasteiger partial charge in [0.05, 0.1) is 11.3 Å². The third-order valence-corrected chi connectivity index (χ3v) is 4.34. The zero-order valence-electron chi connectivity index (χ0n) is 14.2. The molecule has 1 N–H and O–H groups in total. The van der Waals surface area contributed by atoms with Gasteiger partial charge in [-0.15, -0.1) is 0 Å². The number of phenolic OH excluding ortho intramolecular Hbond substituents is 1. The van der Waals surface area contributed by atoms with Gasteiger partial charge in [0.2, 0.25) is 0 Å². The normalized spacial score (nSPS) is 11.9. The summed E-state index contributed by atoms with van der Waals surface area (Å²) in [6.07, 6.45) is -3.26. The Bertz CT molecular complexity index is 1150. The topological polar surface area (TPSA) is 50.9 Å². The van der Waals surface area contributed by atoms with Crippen molar-refractivity contribution in [3.8, 4) is 22.8 Å². The molecule has 0 aliphatic rings. The molecule has 0 fully saturated rings. The predicted molar refractivity (Wildman–Crippen MR) is 95.7 cm³/mol. The van der Waals surface area contributed by atoms with E-state index in [1.807, 2.05) is 24.3 Å². The minimum Gasteiger partial charge on any atom is -0.507 e. The Morgan fingerprint density at radius 1 is 1.00 bits per heavy atom. The molecule has 0 unspecified atom stereocenters. The zero-order valence-corrected chi connectivity index (χ0v) is 14.2. The van der Waals surface area contributed by atoms with E-state index in [9.17, 15) is 18.3 Å². The van der Waals surface area contributed by atoms with E-state index in [2.05, 4.69) is 10.1 Å². The number of rotatable bonds is 2. The van der Waals surface area contributed by atoms with Gasteiger partial charge in [-0.2, -0.15) is 18.3 Å². The number of hydrogen-bond donors (Lipinski definition) is 1. The first kappa shape index (κ1) is 17.1. The van der Waals surface area contributed by atoms with Gasteiger partial charge in [0.15, 0.2) is 5.82 Å². The number of phenols is 1. The van der Waals surface area contributed by atoms with Crippen LogP contribution in [0.3, 0.4) is 0 Å². The predicted octanol–water partition coefficient (Wildman–Crippen LogP) is 5.12. The summed E-state index contributed by atoms with van der Waals surface area (Å²) in [5.74, 6) is -0.288. The van der Waals surface area contributed by atoms with Crippen LogP contribution in [0.4, 0.5) is 13.2 Å². The highest BCUT2D eigenvalue weighted by Gasteiger charge is 2.35. The highest BCUT2D eigenvalue weighted by atomic mass is 19.4. The molecule has 0 atom stereocenters. The van der Waals surface area contributed by atoms with Crippen molar-refractivity contribution in [1.29, 1.82) is 0 Å². The SMILES string of the molecule is Cc1cc(-c2c(O)ccc3ccccc23)nn1-c1ncccc1C(F)(F)F. The van der Waals surface area contributed by atoms with Crippen LogP contribution in [0.5, 0.6) is 5.75 Å². The minimum absolute atomic E-state index is 0.00964. The largest absolute Gasteiger partial charge is 0.507 e. The van der Waals surface area contributed by atoms with Gasteiger partial charge in [0, 0.05) is 11.9 Å². The monoisotopic (exact) mass is 369 g/mol. The van der Waals surface area contributed by atoms with E-state index in [4.69, 9.17) is 0 Å². The lowest BCUT2D eigenvalue weighted by atomic mass is 10.0. The summed E-state index contributed by atoms with van der Waals surface area (Å²) < 4.78 is 41.2. The molecule has 0 aliphatic heterocycles. The number of aryl methyl sites for hydroxylation is 1. The number of aromatic hydroxyl groups is 1. The molecule has 27 heavy (non-hydrogen) atoms. The molecular weight excluding hydrogens is 355 g/mol. The smallest absolute Gasteiger partial charge is 0.420 e. The summed E-state index contributed by atoms with van der Waals surface area (Å²) in [6, 6.07) is 14.6. The number of alkyl halides is 3. The molecular formula is C20H14F3N3O. The van der Waals surface area contributed by atoms with Crippen molar-refractivity contribution in [2.24, 2.45) is 0 Å². The number of aromatic nitrogens is 3. The Balaban J connectivity index is 1.94. The zero-order chi connectivity index (χ0) is 19.2. The van der Waals surface area contributed by atoms with Crippen molar-refractivity contribution in [1.82, 2.24) is 14.8 Å². The molecule has 0 radical (unpaired) electrons. The maximum Gasteiger partial charge on any atom is 0.420 e. The van der Waals surface area contributed by atoms with Crippen molar-refractivity contribution in [2.45, 2.75) is 13.1 Å². The van der Waals surface area contributed by atoms with Crippen LogP contribution < -0.4 is 0 Å². The lowest BCUT2D eigenvalue weighted by Gasteiger charge is -2.12. The number of nitrogens with zero attached hydrogens (tertiary/aromatic N) is 3. The van der Waals surface area contributed by atoms with E-state index in [1.165, 1.54) is 12.3 Å². The Kier molecular flexibility index (Phi) is 3.87. The molecule has 2 heterocycles. The van der Waals surface area contributed by atoms with E-state index in [0.717, 1.165) is 21.5 Å². The lowest BCUT2D eigenvalue weighted by molar-refractivity contribution is -0.137. The molecule has 4 aromatic rings. The molecule has 2 aromatic heterocycles. The number of pyridine rings is 1. The van der Waals surface area contributed by atoms with Crippen LogP contribution in [-0.2, 0) is 6.18 Å². The van der Waals surface area contributed by atoms with Crippen LogP contribution in [0.2, 0.25) is 0 Å². The quantitative estimate of drug-likeness (QED) is 0.534. The van der Waals surface area contributed by atoms with Gasteiger partial charge in [-0.05, 0) is 42.0 Å². The average Bonchev–Trinajstić information content (AvgIpc) is 3.02. The summed E-state index contributed by atoms with van der Waals surface area (Å²) in [5, 5.41) is 16.4. The second kappa shape index (κ2) is 6.12. The average molecular weight is 369 g/mol. The first-order valence-electron chi connectivity index (χ1n) is 8.16. The second-order valence-corrected chi connectivity index (χ2v) is 6.14. The van der Waals surface area contributed by atoms with Crippen molar-refractivity contribution in [3.05, 3.63) is 72.1 Å². The van der Waals surface area contributed by atoms with E-state index in [-0.39, 0.29) is 11.6 Å². The van der Waals surface area contributed by atoms with Crippen LogP contribution in [0.25, 0.3) is 27.8 Å². The molecule has 7 heteroatoms. The highest BCUT2D eigenvalue weighted by Crippen LogP contribution is 2.37. The fourth-order valence-electron chi connectivity index (χ4n) is 3.13. The summed E-state index contributed by atoms with van der Waals surface area (Å²) >= 11 is 0. The fourth-order valence-corrected chi connectivity index (χ4v) is 3.13. The van der Waals surface area contributed by atoms with E-state index in [1.54, 1.807) is 25.1 Å². The van der Waals surface area contributed by atoms with Crippen LogP contribution in [0, 0.1) is 6.92 Å². The van der Waals surface area contributed by atoms with E-state index in [0.29, 0.717) is 17.0 Å². The lowest BCUT2D eigenvalue weighted by Crippen LogP contribution is -2.13. The van der Waals surface area contributed by atoms with Crippen molar-refractivity contribution < 1.29 is 18.3 Å². The van der Waals surface area contributed by atoms with Gasteiger partial charge >= 0.3 is 6.18 Å². The van der Waals surface area contributed by atoms with Crippen molar-refractivity contribution in [3.63, 3.8) is 0 Å². The van der Waals surface area contributed by atoms with Gasteiger partial charge < -0.3 is 5.11 Å². The van der Waals surface area contributed by atoms with Crippen LogP contribution in [0.1, 0.15) is 11.3 Å². The van der Waals surface area contributed by atoms with Crippen molar-refractivity contribution in [2.75, 3.05) is 0 Å². The third-order valence-electron chi connectivity index (χ3n) is 4.34. The molecule has 0 bridgehead atoms. The molecule has 0 aliphatic carbocycles. The van der Waals surface area contributed by atoms with Gasteiger partial charge in [-0.3, -0.25) is 0 Å². The Morgan fingerprint density at radius 3 is 2.56 bits per heavy atom.